The number of aliphatic carboxylic acids is 1. The van der Waals surface area contributed by atoms with Crippen molar-refractivity contribution < 1.29 is 19.5 Å². The molecule has 0 saturated carbocycles. The summed E-state index contributed by atoms with van der Waals surface area (Å²) >= 11 is 7.04. The van der Waals surface area contributed by atoms with Gasteiger partial charge >= 0.3 is 5.97 Å². The number of aromatic nitrogens is 1. The number of carboxylic acids is 1. The molecule has 2 amide bonds. The third kappa shape index (κ3) is 5.74. The van der Waals surface area contributed by atoms with Crippen LogP contribution in [0.4, 0.5) is 10.8 Å². The van der Waals surface area contributed by atoms with Crippen LogP contribution in [0.1, 0.15) is 10.4 Å². The number of thiazole rings is 1. The minimum absolute atomic E-state index is 0.248. The monoisotopic (exact) mass is 427 g/mol. The van der Waals surface area contributed by atoms with E-state index in [-0.39, 0.29) is 5.91 Å². The van der Waals surface area contributed by atoms with Crippen molar-refractivity contribution in [2.45, 2.75) is 0 Å². The number of anilines is 2. The zero-order chi connectivity index (χ0) is 20.8. The lowest BCUT2D eigenvalue weighted by atomic mass is 10.1. The van der Waals surface area contributed by atoms with Gasteiger partial charge in [-0.25, -0.2) is 9.78 Å². The van der Waals surface area contributed by atoms with Crippen LogP contribution in [-0.4, -0.2) is 27.9 Å². The van der Waals surface area contributed by atoms with Crippen LogP contribution in [0.5, 0.6) is 0 Å². The van der Waals surface area contributed by atoms with Crippen molar-refractivity contribution >= 4 is 51.5 Å². The average molecular weight is 428 g/mol. The second-order valence-electron chi connectivity index (χ2n) is 5.74. The van der Waals surface area contributed by atoms with Crippen molar-refractivity contribution in [1.29, 1.82) is 0 Å². The molecule has 2 aromatic carbocycles. The van der Waals surface area contributed by atoms with Gasteiger partial charge < -0.3 is 10.4 Å². The van der Waals surface area contributed by atoms with E-state index in [2.05, 4.69) is 15.6 Å². The highest BCUT2D eigenvalue weighted by Crippen LogP contribution is 2.26. The first-order valence-electron chi connectivity index (χ1n) is 8.25. The molecule has 0 bridgehead atoms. The van der Waals surface area contributed by atoms with E-state index in [1.807, 2.05) is 0 Å². The van der Waals surface area contributed by atoms with Crippen molar-refractivity contribution in [2.24, 2.45) is 0 Å². The SMILES string of the molecule is O=C(O)/C=C\C(=O)Nc1nc(-c2ccc(NC(=O)c3ccc(Cl)cc3)cc2)cs1. The Hall–Kier alpha value is -3.49. The number of rotatable bonds is 6. The Kier molecular flexibility index (Phi) is 6.38. The van der Waals surface area contributed by atoms with Gasteiger partial charge in [0.1, 0.15) is 0 Å². The third-order valence-corrected chi connectivity index (χ3v) is 4.67. The largest absolute Gasteiger partial charge is 0.478 e. The fraction of sp³-hybridized carbons (Fsp3) is 0. The summed E-state index contributed by atoms with van der Waals surface area (Å²) in [5.41, 5.74) is 2.56. The van der Waals surface area contributed by atoms with Crippen molar-refractivity contribution in [3.05, 3.63) is 76.6 Å². The maximum atomic E-state index is 12.2. The van der Waals surface area contributed by atoms with Crippen LogP contribution in [0.15, 0.2) is 66.1 Å². The van der Waals surface area contributed by atoms with E-state index >= 15 is 0 Å². The van der Waals surface area contributed by atoms with E-state index in [1.165, 1.54) is 11.3 Å². The lowest BCUT2D eigenvalue weighted by Crippen LogP contribution is -2.11. The lowest BCUT2D eigenvalue weighted by molar-refractivity contribution is -0.131. The molecule has 0 aliphatic rings. The molecule has 7 nitrogen and oxygen atoms in total. The predicted octanol–water partition coefficient (Wildman–Crippen LogP) is 4.30. The standard InChI is InChI=1S/C20H14ClN3O4S/c21-14-5-1-13(2-6-14)19(28)22-15-7-3-12(4-8-15)16-11-29-20(23-16)24-17(25)9-10-18(26)27/h1-11H,(H,22,28)(H,26,27)(H,23,24,25)/b10-9-. The summed E-state index contributed by atoms with van der Waals surface area (Å²) in [6, 6.07) is 13.7. The van der Waals surface area contributed by atoms with Crippen molar-refractivity contribution in [1.82, 2.24) is 4.98 Å². The number of carbonyl (C=O) groups excluding carboxylic acids is 2. The molecule has 9 heteroatoms. The summed E-state index contributed by atoms with van der Waals surface area (Å²) in [5.74, 6) is -2.03. The molecule has 3 N–H and O–H groups in total. The number of hydrogen-bond donors (Lipinski definition) is 3. The zero-order valence-electron chi connectivity index (χ0n) is 14.8. The number of benzene rings is 2. The summed E-state index contributed by atoms with van der Waals surface area (Å²) in [5, 5.41) is 16.5. The molecule has 0 fully saturated rings. The van der Waals surface area contributed by atoms with Gasteiger partial charge in [-0.3, -0.25) is 14.9 Å². The van der Waals surface area contributed by atoms with E-state index < -0.39 is 11.9 Å². The van der Waals surface area contributed by atoms with Gasteiger partial charge in [0.05, 0.1) is 5.69 Å². The maximum Gasteiger partial charge on any atom is 0.328 e. The van der Waals surface area contributed by atoms with E-state index in [0.717, 1.165) is 17.7 Å². The minimum Gasteiger partial charge on any atom is -0.478 e. The maximum absolute atomic E-state index is 12.2. The first-order valence-corrected chi connectivity index (χ1v) is 9.51. The summed E-state index contributed by atoms with van der Waals surface area (Å²) in [6.07, 6.45) is 1.67. The molecule has 3 rings (SSSR count). The van der Waals surface area contributed by atoms with Crippen molar-refractivity contribution in [3.63, 3.8) is 0 Å². The Labute approximate surface area is 174 Å². The quantitative estimate of drug-likeness (QED) is 0.508. The molecule has 29 heavy (non-hydrogen) atoms. The van der Waals surface area contributed by atoms with Crippen LogP contribution in [0.25, 0.3) is 11.3 Å². The molecule has 0 unspecified atom stereocenters. The van der Waals surface area contributed by atoms with E-state index in [9.17, 15) is 14.4 Å². The molecule has 0 radical (unpaired) electrons. The van der Waals surface area contributed by atoms with Crippen LogP contribution in [-0.2, 0) is 9.59 Å². The van der Waals surface area contributed by atoms with Crippen LogP contribution < -0.4 is 10.6 Å². The molecule has 1 heterocycles. The molecular formula is C20H14ClN3O4S. The van der Waals surface area contributed by atoms with Gasteiger partial charge in [-0.1, -0.05) is 23.7 Å². The minimum atomic E-state index is -1.21. The first kappa shape index (κ1) is 20.2. The van der Waals surface area contributed by atoms with Crippen LogP contribution in [0.3, 0.4) is 0 Å². The number of hydrogen-bond acceptors (Lipinski definition) is 5. The highest BCUT2D eigenvalue weighted by Gasteiger charge is 2.09. The van der Waals surface area contributed by atoms with Gasteiger partial charge in [-0.15, -0.1) is 11.3 Å². The molecule has 0 aliphatic heterocycles. The number of halogens is 1. The van der Waals surface area contributed by atoms with Gasteiger partial charge in [0, 0.05) is 39.4 Å². The average Bonchev–Trinajstić information content (AvgIpc) is 3.16. The highest BCUT2D eigenvalue weighted by molar-refractivity contribution is 7.14. The van der Waals surface area contributed by atoms with Gasteiger partial charge in [0.25, 0.3) is 5.91 Å². The number of nitrogens with one attached hydrogen (secondary N) is 2. The molecule has 0 saturated heterocycles. The molecular weight excluding hydrogens is 414 g/mol. The van der Waals surface area contributed by atoms with E-state index in [0.29, 0.717) is 27.1 Å². The topological polar surface area (TPSA) is 108 Å². The normalized spacial score (nSPS) is 10.7. The number of amides is 2. The second kappa shape index (κ2) is 9.13. The molecule has 0 aliphatic carbocycles. The van der Waals surface area contributed by atoms with Crippen LogP contribution in [0, 0.1) is 0 Å². The molecule has 0 spiro atoms. The Bertz CT molecular complexity index is 1080. The Balaban J connectivity index is 1.63. The number of carboxylic acid groups (broad SMARTS) is 1. The molecule has 146 valence electrons. The van der Waals surface area contributed by atoms with Gasteiger partial charge in [-0.2, -0.15) is 0 Å². The lowest BCUT2D eigenvalue weighted by Gasteiger charge is -2.06. The molecule has 0 atom stereocenters. The Morgan fingerprint density at radius 2 is 1.66 bits per heavy atom. The first-order chi connectivity index (χ1) is 13.9. The van der Waals surface area contributed by atoms with Crippen LogP contribution >= 0.6 is 22.9 Å². The van der Waals surface area contributed by atoms with Gasteiger partial charge in [-0.05, 0) is 36.4 Å². The Morgan fingerprint density at radius 3 is 2.31 bits per heavy atom. The van der Waals surface area contributed by atoms with Gasteiger partial charge in [0.15, 0.2) is 5.13 Å². The summed E-state index contributed by atoms with van der Waals surface area (Å²) in [7, 11) is 0. The molecule has 3 aromatic rings. The van der Waals surface area contributed by atoms with E-state index in [1.54, 1.807) is 53.9 Å². The second-order valence-corrected chi connectivity index (χ2v) is 7.03. The summed E-state index contributed by atoms with van der Waals surface area (Å²) in [6.45, 7) is 0. The van der Waals surface area contributed by atoms with Crippen molar-refractivity contribution in [2.75, 3.05) is 10.6 Å². The fourth-order valence-electron chi connectivity index (χ4n) is 2.29. The Morgan fingerprint density at radius 1 is 0.966 bits per heavy atom. The smallest absolute Gasteiger partial charge is 0.328 e. The number of nitrogens with zero attached hydrogens (tertiary/aromatic N) is 1. The van der Waals surface area contributed by atoms with Gasteiger partial charge in [0.2, 0.25) is 5.91 Å². The predicted molar refractivity (Wildman–Crippen MR) is 112 cm³/mol. The zero-order valence-corrected chi connectivity index (χ0v) is 16.3. The van der Waals surface area contributed by atoms with Crippen LogP contribution in [0.2, 0.25) is 5.02 Å². The fourth-order valence-corrected chi connectivity index (χ4v) is 3.14. The summed E-state index contributed by atoms with van der Waals surface area (Å²) < 4.78 is 0. The van der Waals surface area contributed by atoms with E-state index in [4.69, 9.17) is 16.7 Å². The third-order valence-electron chi connectivity index (χ3n) is 3.66. The highest BCUT2D eigenvalue weighted by atomic mass is 35.5. The molecule has 1 aromatic heterocycles. The number of carbonyl (C=O) groups is 3. The summed E-state index contributed by atoms with van der Waals surface area (Å²) in [4.78, 5) is 38.6. The van der Waals surface area contributed by atoms with Crippen molar-refractivity contribution in [3.8, 4) is 11.3 Å².